The number of amides is 3. The predicted molar refractivity (Wildman–Crippen MR) is 111 cm³/mol. The largest absolute Gasteiger partial charge is 0.324 e. The number of carbonyl (C=O) groups is 3. The fraction of sp³-hybridized carbons (Fsp3) is 0.167. The number of fused-ring (bicyclic) bond motifs is 1. The van der Waals surface area contributed by atoms with Crippen molar-refractivity contribution in [1.82, 2.24) is 13.7 Å². The maximum Gasteiger partial charge on any atom is 0.262 e. The van der Waals surface area contributed by atoms with Crippen LogP contribution < -0.4 is 10.6 Å². The Morgan fingerprint density at radius 2 is 2.07 bits per heavy atom. The second-order valence-electron chi connectivity index (χ2n) is 6.10. The number of hydrogen-bond donors (Lipinski definition) is 2. The molecule has 0 saturated heterocycles. The summed E-state index contributed by atoms with van der Waals surface area (Å²) in [4.78, 5) is 44.0. The fourth-order valence-electron chi connectivity index (χ4n) is 2.66. The molecule has 29 heavy (non-hydrogen) atoms. The molecule has 146 valence electrons. The number of benzene rings is 1. The number of aliphatic imine (C=N–C) groups is 1. The number of aromatic nitrogens is 3. The van der Waals surface area contributed by atoms with Gasteiger partial charge in [0.1, 0.15) is 17.0 Å². The molecule has 4 rings (SSSR count). The summed E-state index contributed by atoms with van der Waals surface area (Å²) in [6, 6.07) is 5.43. The lowest BCUT2D eigenvalue weighted by atomic mass is 10.1. The van der Waals surface area contributed by atoms with E-state index >= 15 is 0 Å². The van der Waals surface area contributed by atoms with Crippen molar-refractivity contribution in [2.75, 3.05) is 10.6 Å². The van der Waals surface area contributed by atoms with Gasteiger partial charge < -0.3 is 10.6 Å². The molecule has 11 heteroatoms. The van der Waals surface area contributed by atoms with Crippen molar-refractivity contribution in [2.45, 2.75) is 12.8 Å². The van der Waals surface area contributed by atoms with Gasteiger partial charge in [0.25, 0.3) is 5.91 Å². The van der Waals surface area contributed by atoms with E-state index in [0.717, 1.165) is 17.2 Å². The number of hydrogen-bond acceptors (Lipinski definition) is 8. The van der Waals surface area contributed by atoms with Gasteiger partial charge in [-0.1, -0.05) is 12.1 Å². The highest BCUT2D eigenvalue weighted by atomic mass is 32.1. The van der Waals surface area contributed by atoms with Crippen LogP contribution in [0.5, 0.6) is 0 Å². The van der Waals surface area contributed by atoms with Crippen LogP contribution in [0.3, 0.4) is 0 Å². The minimum atomic E-state index is -0.943. The number of nitrogens with one attached hydrogen (secondary N) is 2. The van der Waals surface area contributed by atoms with E-state index in [-0.39, 0.29) is 12.3 Å². The molecule has 0 aliphatic carbocycles. The Labute approximate surface area is 172 Å². The third-order valence-corrected chi connectivity index (χ3v) is 5.44. The Bertz CT molecular complexity index is 1150. The van der Waals surface area contributed by atoms with E-state index in [2.05, 4.69) is 29.4 Å². The van der Waals surface area contributed by atoms with Crippen LogP contribution in [0.15, 0.2) is 40.7 Å². The van der Waals surface area contributed by atoms with E-state index < -0.39 is 17.7 Å². The van der Waals surface area contributed by atoms with Gasteiger partial charge in [0.05, 0.1) is 23.1 Å². The normalized spacial score (nSPS) is 15.6. The molecule has 1 unspecified atom stereocenters. The molecule has 0 saturated carbocycles. The number of carbonyl (C=O) groups excluding carboxylic acids is 3. The van der Waals surface area contributed by atoms with Crippen LogP contribution in [0.2, 0.25) is 0 Å². The molecule has 0 fully saturated rings. The van der Waals surface area contributed by atoms with Gasteiger partial charge >= 0.3 is 0 Å². The number of allylic oxidation sites excluding steroid dienone is 1. The molecule has 3 heterocycles. The third kappa shape index (κ3) is 4.41. The Morgan fingerprint density at radius 1 is 1.17 bits per heavy atom. The SMILES string of the molecule is O=C(CCc1csc(NC(=O)C2C=CC=NC2=O)n1)Nc1cccc2nsnc12. The highest BCUT2D eigenvalue weighted by molar-refractivity contribution is 7.13. The molecule has 2 N–H and O–H groups in total. The van der Waals surface area contributed by atoms with E-state index in [9.17, 15) is 14.4 Å². The van der Waals surface area contributed by atoms with Crippen LogP contribution >= 0.6 is 23.1 Å². The second kappa shape index (κ2) is 8.37. The fourth-order valence-corrected chi connectivity index (χ4v) is 3.96. The Hall–Kier alpha value is -3.31. The molecule has 3 amide bonds. The summed E-state index contributed by atoms with van der Waals surface area (Å²) in [5.41, 5.74) is 2.71. The minimum Gasteiger partial charge on any atom is -0.324 e. The second-order valence-corrected chi connectivity index (χ2v) is 7.48. The standard InChI is InChI=1S/C18H14N6O3S2/c25-14(21-12-4-1-5-13-15(12)24-29-23-13)7-6-10-9-28-18(20-10)22-17(27)11-3-2-8-19-16(11)26/h1-5,8-9,11H,6-7H2,(H,21,25)(H,20,22,27). The van der Waals surface area contributed by atoms with Crippen molar-refractivity contribution in [3.05, 3.63) is 41.4 Å². The predicted octanol–water partition coefficient (Wildman–Crippen LogP) is 2.44. The van der Waals surface area contributed by atoms with Crippen LogP contribution in [0.25, 0.3) is 11.0 Å². The zero-order valence-electron chi connectivity index (χ0n) is 14.9. The lowest BCUT2D eigenvalue weighted by Crippen LogP contribution is -2.28. The van der Waals surface area contributed by atoms with Crippen LogP contribution in [0.1, 0.15) is 12.1 Å². The molecule has 0 spiro atoms. The molecule has 2 aromatic heterocycles. The smallest absolute Gasteiger partial charge is 0.262 e. The average molecular weight is 426 g/mol. The summed E-state index contributed by atoms with van der Waals surface area (Å²) in [5.74, 6) is -2.10. The average Bonchev–Trinajstić information content (AvgIpc) is 3.36. The van der Waals surface area contributed by atoms with Crippen molar-refractivity contribution in [3.63, 3.8) is 0 Å². The molecule has 1 atom stereocenters. The first-order valence-electron chi connectivity index (χ1n) is 8.61. The number of thiazole rings is 1. The zero-order chi connectivity index (χ0) is 20.2. The lowest BCUT2D eigenvalue weighted by Gasteiger charge is -2.09. The molecule has 9 nitrogen and oxygen atoms in total. The summed E-state index contributed by atoms with van der Waals surface area (Å²) in [6.07, 6.45) is 5.03. The van der Waals surface area contributed by atoms with Crippen LogP contribution in [0, 0.1) is 5.92 Å². The monoisotopic (exact) mass is 426 g/mol. The number of aryl methyl sites for hydroxylation is 1. The van der Waals surface area contributed by atoms with E-state index in [0.29, 0.717) is 28.5 Å². The molecule has 0 radical (unpaired) electrons. The molecular formula is C18H14N6O3S2. The van der Waals surface area contributed by atoms with Gasteiger partial charge in [0, 0.05) is 18.0 Å². The number of dihydropyridines is 1. The quantitative estimate of drug-likeness (QED) is 0.583. The molecule has 1 aromatic carbocycles. The first-order valence-corrected chi connectivity index (χ1v) is 10.2. The first kappa shape index (κ1) is 19.0. The first-order chi connectivity index (χ1) is 14.1. The summed E-state index contributed by atoms with van der Waals surface area (Å²) in [6.45, 7) is 0. The van der Waals surface area contributed by atoms with E-state index in [1.807, 2.05) is 12.1 Å². The van der Waals surface area contributed by atoms with Gasteiger partial charge in [-0.15, -0.1) is 11.3 Å². The van der Waals surface area contributed by atoms with Gasteiger partial charge in [-0.2, -0.15) is 8.75 Å². The van der Waals surface area contributed by atoms with Crippen molar-refractivity contribution in [1.29, 1.82) is 0 Å². The van der Waals surface area contributed by atoms with E-state index in [4.69, 9.17) is 0 Å². The van der Waals surface area contributed by atoms with Crippen LogP contribution in [-0.2, 0) is 20.8 Å². The molecule has 0 bridgehead atoms. The summed E-state index contributed by atoms with van der Waals surface area (Å²) >= 11 is 2.33. The van der Waals surface area contributed by atoms with Crippen molar-refractivity contribution in [3.8, 4) is 0 Å². The Kier molecular flexibility index (Phi) is 5.49. The molecule has 3 aromatic rings. The number of nitrogens with zero attached hydrogens (tertiary/aromatic N) is 4. The lowest BCUT2D eigenvalue weighted by molar-refractivity contribution is -0.128. The van der Waals surface area contributed by atoms with Crippen molar-refractivity contribution >= 4 is 68.9 Å². The Morgan fingerprint density at radius 3 is 2.93 bits per heavy atom. The summed E-state index contributed by atoms with van der Waals surface area (Å²) < 4.78 is 8.34. The van der Waals surface area contributed by atoms with Crippen molar-refractivity contribution in [2.24, 2.45) is 10.9 Å². The summed E-state index contributed by atoms with van der Waals surface area (Å²) in [7, 11) is 0. The number of rotatable bonds is 6. The topological polar surface area (TPSA) is 126 Å². The zero-order valence-corrected chi connectivity index (χ0v) is 16.5. The summed E-state index contributed by atoms with van der Waals surface area (Å²) in [5, 5.41) is 7.60. The van der Waals surface area contributed by atoms with Gasteiger partial charge in [0.15, 0.2) is 5.13 Å². The van der Waals surface area contributed by atoms with Gasteiger partial charge in [0.2, 0.25) is 11.8 Å². The van der Waals surface area contributed by atoms with Gasteiger partial charge in [-0.3, -0.25) is 14.4 Å². The van der Waals surface area contributed by atoms with Crippen LogP contribution in [-0.4, -0.2) is 37.7 Å². The maximum absolute atomic E-state index is 12.3. The maximum atomic E-state index is 12.3. The molecule has 1 aliphatic heterocycles. The third-order valence-electron chi connectivity index (χ3n) is 4.09. The Balaban J connectivity index is 1.31. The highest BCUT2D eigenvalue weighted by Gasteiger charge is 2.25. The van der Waals surface area contributed by atoms with Gasteiger partial charge in [-0.05, 0) is 24.6 Å². The number of anilines is 2. The van der Waals surface area contributed by atoms with E-state index in [1.165, 1.54) is 23.6 Å². The highest BCUT2D eigenvalue weighted by Crippen LogP contribution is 2.22. The van der Waals surface area contributed by atoms with Crippen LogP contribution in [0.4, 0.5) is 10.8 Å². The van der Waals surface area contributed by atoms with E-state index in [1.54, 1.807) is 17.5 Å². The van der Waals surface area contributed by atoms with Crippen molar-refractivity contribution < 1.29 is 14.4 Å². The minimum absolute atomic E-state index is 0.167. The van der Waals surface area contributed by atoms with Gasteiger partial charge in [-0.25, -0.2) is 9.98 Å². The molecular weight excluding hydrogens is 412 g/mol. The molecule has 1 aliphatic rings.